The molecule has 0 saturated heterocycles. The van der Waals surface area contributed by atoms with Crippen molar-refractivity contribution in [1.82, 2.24) is 0 Å². The molecule has 1 nitrogen and oxygen atoms in total. The topological polar surface area (TPSA) is 17.1 Å². The largest absolute Gasteiger partial charge is 0.298 e. The highest BCUT2D eigenvalue weighted by Gasteiger charge is 2.07. The Balaban J connectivity index is 2.92. The van der Waals surface area contributed by atoms with Gasteiger partial charge in [0.15, 0.2) is 0 Å². The van der Waals surface area contributed by atoms with Crippen LogP contribution in [-0.2, 0) is 17.6 Å². The standard InChI is InChI=1S/C12H15BrOS/c1-3-9-4-5-10(7-11(14)8-13)12(6-9)15-2/h4-6H,3,7-8H2,1-2H3. The molecule has 0 fully saturated rings. The summed E-state index contributed by atoms with van der Waals surface area (Å²) in [5.74, 6) is 0.231. The number of carbonyl (C=O) groups excluding carboxylic acids is 1. The van der Waals surface area contributed by atoms with E-state index in [0.29, 0.717) is 11.8 Å². The lowest BCUT2D eigenvalue weighted by atomic mass is 10.1. The molecule has 82 valence electrons. The van der Waals surface area contributed by atoms with E-state index in [1.54, 1.807) is 11.8 Å². The molecule has 0 radical (unpaired) electrons. The Morgan fingerprint density at radius 2 is 2.20 bits per heavy atom. The van der Waals surface area contributed by atoms with Gasteiger partial charge in [0.05, 0.1) is 5.33 Å². The molecule has 0 aromatic heterocycles. The van der Waals surface area contributed by atoms with E-state index in [2.05, 4.69) is 47.3 Å². The maximum Gasteiger partial charge on any atom is 0.147 e. The smallest absolute Gasteiger partial charge is 0.147 e. The molecule has 0 saturated carbocycles. The zero-order chi connectivity index (χ0) is 11.3. The van der Waals surface area contributed by atoms with Crippen LogP contribution < -0.4 is 0 Å². The first-order valence-corrected chi connectivity index (χ1v) is 7.29. The third-order valence-electron chi connectivity index (χ3n) is 2.30. The lowest BCUT2D eigenvalue weighted by Gasteiger charge is -2.08. The Bertz CT molecular complexity index is 349. The van der Waals surface area contributed by atoms with E-state index in [9.17, 15) is 4.79 Å². The first-order valence-electron chi connectivity index (χ1n) is 4.94. The third kappa shape index (κ3) is 3.65. The average Bonchev–Trinajstić information content (AvgIpc) is 2.29. The minimum Gasteiger partial charge on any atom is -0.298 e. The van der Waals surface area contributed by atoms with E-state index < -0.39 is 0 Å². The Hall–Kier alpha value is -0.280. The van der Waals surface area contributed by atoms with Crippen LogP contribution in [-0.4, -0.2) is 17.4 Å². The summed E-state index contributed by atoms with van der Waals surface area (Å²) >= 11 is 4.90. The summed E-state index contributed by atoms with van der Waals surface area (Å²) in [5, 5.41) is 0.441. The van der Waals surface area contributed by atoms with Crippen molar-refractivity contribution < 1.29 is 4.79 Å². The van der Waals surface area contributed by atoms with Gasteiger partial charge in [0, 0.05) is 11.3 Å². The number of halogens is 1. The molecule has 0 heterocycles. The molecule has 1 rings (SSSR count). The van der Waals surface area contributed by atoms with Crippen molar-refractivity contribution >= 4 is 33.5 Å². The van der Waals surface area contributed by atoms with Crippen molar-refractivity contribution in [2.45, 2.75) is 24.7 Å². The number of thioether (sulfide) groups is 1. The van der Waals surface area contributed by atoms with E-state index in [1.165, 1.54) is 10.5 Å². The van der Waals surface area contributed by atoms with Crippen LogP contribution in [0.4, 0.5) is 0 Å². The van der Waals surface area contributed by atoms with Gasteiger partial charge >= 0.3 is 0 Å². The van der Waals surface area contributed by atoms with Crippen molar-refractivity contribution in [2.75, 3.05) is 11.6 Å². The van der Waals surface area contributed by atoms with Gasteiger partial charge in [-0.15, -0.1) is 11.8 Å². The van der Waals surface area contributed by atoms with Crippen LogP contribution >= 0.6 is 27.7 Å². The maximum atomic E-state index is 11.3. The molecule has 3 heteroatoms. The highest BCUT2D eigenvalue weighted by molar-refractivity contribution is 9.09. The summed E-state index contributed by atoms with van der Waals surface area (Å²) in [4.78, 5) is 12.6. The Morgan fingerprint density at radius 1 is 1.47 bits per heavy atom. The van der Waals surface area contributed by atoms with E-state index in [-0.39, 0.29) is 5.78 Å². The number of Topliss-reactive ketones (excluding diaryl/α,β-unsaturated/α-hetero) is 1. The second-order valence-electron chi connectivity index (χ2n) is 3.35. The predicted octanol–water partition coefficient (Wildman–Crippen LogP) is 3.48. The number of carbonyl (C=O) groups is 1. The SMILES string of the molecule is CCc1ccc(CC(=O)CBr)c(SC)c1. The number of rotatable bonds is 5. The van der Waals surface area contributed by atoms with Crippen LogP contribution in [0.1, 0.15) is 18.1 Å². The van der Waals surface area contributed by atoms with Gasteiger partial charge in [0.2, 0.25) is 0 Å². The van der Waals surface area contributed by atoms with E-state index in [4.69, 9.17) is 0 Å². The summed E-state index contributed by atoms with van der Waals surface area (Å²) in [5.41, 5.74) is 2.47. The molecule has 0 unspecified atom stereocenters. The highest BCUT2D eigenvalue weighted by Crippen LogP contribution is 2.23. The van der Waals surface area contributed by atoms with Crippen LogP contribution in [0.3, 0.4) is 0 Å². The molecule has 0 aliphatic rings. The molecule has 1 aromatic carbocycles. The maximum absolute atomic E-state index is 11.3. The van der Waals surface area contributed by atoms with Gasteiger partial charge in [0.1, 0.15) is 5.78 Å². The van der Waals surface area contributed by atoms with Gasteiger partial charge < -0.3 is 0 Å². The van der Waals surface area contributed by atoms with E-state index in [1.807, 2.05) is 0 Å². The lowest BCUT2D eigenvalue weighted by molar-refractivity contribution is -0.115. The molecular formula is C12H15BrOS. The van der Waals surface area contributed by atoms with Crippen molar-refractivity contribution in [1.29, 1.82) is 0 Å². The van der Waals surface area contributed by atoms with Crippen molar-refractivity contribution in [2.24, 2.45) is 0 Å². The molecule has 0 aliphatic carbocycles. The number of hydrogen-bond acceptors (Lipinski definition) is 2. The predicted molar refractivity (Wildman–Crippen MR) is 70.1 cm³/mol. The van der Waals surface area contributed by atoms with Gasteiger partial charge in [-0.05, 0) is 29.9 Å². The number of aryl methyl sites for hydroxylation is 1. The number of ketones is 1. The molecule has 0 amide bonds. The fraction of sp³-hybridized carbons (Fsp3) is 0.417. The fourth-order valence-electron chi connectivity index (χ4n) is 1.41. The van der Waals surface area contributed by atoms with Gasteiger partial charge in [-0.3, -0.25) is 4.79 Å². The summed E-state index contributed by atoms with van der Waals surface area (Å²) < 4.78 is 0. The van der Waals surface area contributed by atoms with Gasteiger partial charge in [-0.2, -0.15) is 0 Å². The molecule has 0 N–H and O–H groups in total. The summed E-state index contributed by atoms with van der Waals surface area (Å²) in [6.45, 7) is 2.14. The van der Waals surface area contributed by atoms with Gasteiger partial charge in [-0.25, -0.2) is 0 Å². The summed E-state index contributed by atoms with van der Waals surface area (Å²) in [7, 11) is 0. The molecule has 15 heavy (non-hydrogen) atoms. The molecular weight excluding hydrogens is 272 g/mol. The van der Waals surface area contributed by atoms with E-state index in [0.717, 1.165) is 12.0 Å². The van der Waals surface area contributed by atoms with Crippen molar-refractivity contribution in [3.63, 3.8) is 0 Å². The van der Waals surface area contributed by atoms with Gasteiger partial charge in [0.25, 0.3) is 0 Å². The second kappa shape index (κ2) is 6.33. The minimum atomic E-state index is 0.231. The van der Waals surface area contributed by atoms with Gasteiger partial charge in [-0.1, -0.05) is 35.0 Å². The van der Waals surface area contributed by atoms with Crippen molar-refractivity contribution in [3.05, 3.63) is 29.3 Å². The monoisotopic (exact) mass is 286 g/mol. The Kier molecular flexibility index (Phi) is 5.40. The minimum absolute atomic E-state index is 0.231. The van der Waals surface area contributed by atoms with Crippen LogP contribution in [0.5, 0.6) is 0 Å². The summed E-state index contributed by atoms with van der Waals surface area (Å²) in [6, 6.07) is 6.36. The summed E-state index contributed by atoms with van der Waals surface area (Å²) in [6.07, 6.45) is 3.63. The second-order valence-corrected chi connectivity index (χ2v) is 4.76. The van der Waals surface area contributed by atoms with Crippen molar-refractivity contribution in [3.8, 4) is 0 Å². The first-order chi connectivity index (χ1) is 7.21. The van der Waals surface area contributed by atoms with Crippen LogP contribution in [0.2, 0.25) is 0 Å². The molecule has 0 bridgehead atoms. The number of hydrogen-bond donors (Lipinski definition) is 0. The lowest BCUT2D eigenvalue weighted by Crippen LogP contribution is -2.04. The molecule has 0 spiro atoms. The first kappa shape index (κ1) is 12.8. The number of alkyl halides is 1. The molecule has 0 atom stereocenters. The van der Waals surface area contributed by atoms with E-state index >= 15 is 0 Å². The average molecular weight is 287 g/mol. The number of benzene rings is 1. The zero-order valence-electron chi connectivity index (χ0n) is 9.05. The Labute approximate surface area is 104 Å². The quantitative estimate of drug-likeness (QED) is 0.609. The fourth-order valence-corrected chi connectivity index (χ4v) is 2.28. The molecule has 0 aliphatic heterocycles. The zero-order valence-corrected chi connectivity index (χ0v) is 11.5. The van der Waals surface area contributed by atoms with Crippen LogP contribution in [0.25, 0.3) is 0 Å². The third-order valence-corrected chi connectivity index (χ3v) is 3.74. The molecule has 1 aromatic rings. The highest BCUT2D eigenvalue weighted by atomic mass is 79.9. The normalized spacial score (nSPS) is 10.3. The Morgan fingerprint density at radius 3 is 2.73 bits per heavy atom. The van der Waals surface area contributed by atoms with Crippen LogP contribution in [0.15, 0.2) is 23.1 Å². The van der Waals surface area contributed by atoms with Crippen LogP contribution in [0, 0.1) is 0 Å².